The fourth-order valence-corrected chi connectivity index (χ4v) is 9.65. The molecule has 30 heavy (non-hydrogen) atoms. The van der Waals surface area contributed by atoms with Gasteiger partial charge in [0.25, 0.3) is 0 Å². The molecule has 4 rings (SSSR count). The predicted octanol–water partition coefficient (Wildman–Crippen LogP) is 8.84. The zero-order valence-electron chi connectivity index (χ0n) is 20.5. The van der Waals surface area contributed by atoms with Crippen molar-refractivity contribution in [1.29, 1.82) is 0 Å². The van der Waals surface area contributed by atoms with Gasteiger partial charge in [0.05, 0.1) is 0 Å². The van der Waals surface area contributed by atoms with E-state index in [2.05, 4.69) is 60.2 Å². The minimum absolute atomic E-state index is 0. The van der Waals surface area contributed by atoms with Gasteiger partial charge < -0.3 is 12.7 Å². The molecule has 2 aliphatic carbocycles. The molecule has 2 saturated heterocycles. The number of thioether (sulfide) groups is 1. The van der Waals surface area contributed by atoms with Gasteiger partial charge in [0.2, 0.25) is 0 Å². The summed E-state index contributed by atoms with van der Waals surface area (Å²) in [5, 5.41) is 7.37. The van der Waals surface area contributed by atoms with Crippen molar-refractivity contribution in [1.82, 2.24) is 0 Å². The summed E-state index contributed by atoms with van der Waals surface area (Å²) in [4.78, 5) is 0. The quantitative estimate of drug-likeness (QED) is 0.254. The van der Waals surface area contributed by atoms with Crippen LogP contribution < -0.4 is 0 Å². The third-order valence-corrected chi connectivity index (χ3v) is 11.0. The van der Waals surface area contributed by atoms with Gasteiger partial charge in [-0.05, 0) is 29.6 Å². The molecule has 0 aromatic carbocycles. The van der Waals surface area contributed by atoms with E-state index in [1.165, 1.54) is 32.1 Å². The van der Waals surface area contributed by atoms with E-state index in [0.717, 1.165) is 51.9 Å². The van der Waals surface area contributed by atoms with Gasteiger partial charge in [-0.1, -0.05) is 97.8 Å². The van der Waals surface area contributed by atoms with Crippen molar-refractivity contribution in [3.05, 3.63) is 12.7 Å². The van der Waals surface area contributed by atoms with Crippen molar-refractivity contribution in [2.45, 2.75) is 103 Å². The summed E-state index contributed by atoms with van der Waals surface area (Å²) in [7, 11) is 9.78. The predicted molar refractivity (Wildman–Crippen MR) is 134 cm³/mol. The van der Waals surface area contributed by atoms with E-state index >= 15 is 0 Å². The summed E-state index contributed by atoms with van der Waals surface area (Å²) in [6.45, 7) is 17.4. The van der Waals surface area contributed by atoms with Gasteiger partial charge in [-0.15, -0.1) is 12.1 Å². The fourth-order valence-electron chi connectivity index (χ4n) is 7.42. The molecule has 0 amide bonds. The van der Waals surface area contributed by atoms with Gasteiger partial charge in [-0.25, -0.2) is 0 Å². The number of fused-ring (bicyclic) bond motifs is 2. The molecule has 4 fully saturated rings. The molecular formula is C25H45Cl2NSTi-2. The first-order chi connectivity index (χ1) is 13.6. The van der Waals surface area contributed by atoms with Gasteiger partial charge in [0.1, 0.15) is 0 Å². The molecular weight excluding hydrogens is 465 g/mol. The summed E-state index contributed by atoms with van der Waals surface area (Å²) in [6.07, 6.45) is 7.15. The van der Waals surface area contributed by atoms with Crippen molar-refractivity contribution in [2.75, 3.05) is 0 Å². The Morgan fingerprint density at radius 1 is 0.867 bits per heavy atom. The molecule has 2 aliphatic heterocycles. The number of halogens is 2. The summed E-state index contributed by atoms with van der Waals surface area (Å²) in [6, 6.07) is 1.26. The molecule has 176 valence electrons. The van der Waals surface area contributed by atoms with Crippen molar-refractivity contribution in [2.24, 2.45) is 46.8 Å². The Morgan fingerprint density at radius 3 is 2.07 bits per heavy atom. The number of piperidine rings is 1. The minimum atomic E-state index is -0.556. The molecule has 1 nitrogen and oxygen atoms in total. The topological polar surface area (TPSA) is 14.1 Å². The second kappa shape index (κ2) is 11.4. The third-order valence-electron chi connectivity index (χ3n) is 9.21. The average Bonchev–Trinajstić information content (AvgIpc) is 3.08. The Labute approximate surface area is 209 Å². The Morgan fingerprint density at radius 2 is 1.47 bits per heavy atom. The van der Waals surface area contributed by atoms with Crippen LogP contribution in [0.4, 0.5) is 0 Å². The van der Waals surface area contributed by atoms with Crippen LogP contribution in [0.5, 0.6) is 0 Å². The molecule has 2 saturated carbocycles. The van der Waals surface area contributed by atoms with Crippen molar-refractivity contribution < 1.29 is 17.0 Å². The van der Waals surface area contributed by atoms with Crippen molar-refractivity contribution >= 4 is 30.4 Å². The van der Waals surface area contributed by atoms with Gasteiger partial charge in [-0.3, -0.25) is 0 Å². The normalized spacial score (nSPS) is 48.0. The molecule has 11 unspecified atom stereocenters. The second-order valence-corrected chi connectivity index (χ2v) is 15.7. The summed E-state index contributed by atoms with van der Waals surface area (Å²) in [5.41, 5.74) is 0.342. The molecule has 11 atom stereocenters. The summed E-state index contributed by atoms with van der Waals surface area (Å²) >= 11 is 1.80. The Hall–Kier alpha value is 1.60. The van der Waals surface area contributed by atoms with Gasteiger partial charge >= 0.3 is 35.6 Å². The molecule has 5 heteroatoms. The SMILES string of the molecule is CC1SC2C(C1C)C(C)C(C)C2C1CCCC2CCC(C(C)(C)C)[N-]C21.[CH3-].[Cl][Ti][Cl]. The van der Waals surface area contributed by atoms with Gasteiger partial charge in [-0.2, -0.15) is 11.8 Å². The molecule has 0 spiro atoms. The molecule has 0 aromatic heterocycles. The molecule has 4 aliphatic rings. The standard InChI is InChI=1S/C24H42NS.CH3.2ClH.Ti/c1-13-14(2)21(23-20(13)15(3)16(4)26-23)18-10-8-9-17-11-12-19(24(5,6)7)25-22(17)18;;;;/h13-23H,8-12H2,1-7H3;1H3;2*1H;/q2*-1;;;+2/p-2. The Bertz CT molecular complexity index is 542. The molecule has 0 radical (unpaired) electrons. The first-order valence-electron chi connectivity index (χ1n) is 11.9. The molecule has 2 heterocycles. The summed E-state index contributed by atoms with van der Waals surface area (Å²) in [5.74, 6) is 6.34. The fraction of sp³-hybridized carbons (Fsp3) is 0.960. The van der Waals surface area contributed by atoms with Crippen molar-refractivity contribution in [3.8, 4) is 0 Å². The number of rotatable bonds is 1. The van der Waals surface area contributed by atoms with E-state index in [-0.39, 0.29) is 7.43 Å². The van der Waals surface area contributed by atoms with E-state index in [1.807, 2.05) is 0 Å². The zero-order chi connectivity index (χ0) is 21.5. The van der Waals surface area contributed by atoms with E-state index in [0.29, 0.717) is 17.5 Å². The van der Waals surface area contributed by atoms with Gasteiger partial charge in [0.15, 0.2) is 0 Å². The second-order valence-electron chi connectivity index (χ2n) is 11.6. The van der Waals surface area contributed by atoms with E-state index in [1.54, 1.807) is 0 Å². The van der Waals surface area contributed by atoms with Crippen LogP contribution in [0.15, 0.2) is 0 Å². The van der Waals surface area contributed by atoms with Crippen LogP contribution in [0, 0.1) is 54.3 Å². The van der Waals surface area contributed by atoms with Crippen LogP contribution in [-0.2, 0) is 17.0 Å². The van der Waals surface area contributed by atoms with Crippen LogP contribution in [0.3, 0.4) is 0 Å². The molecule has 0 bridgehead atoms. The maximum atomic E-state index is 5.60. The van der Waals surface area contributed by atoms with Crippen LogP contribution in [0.25, 0.3) is 5.32 Å². The number of hydrogen-bond acceptors (Lipinski definition) is 1. The van der Waals surface area contributed by atoms with E-state index in [4.69, 9.17) is 23.9 Å². The van der Waals surface area contributed by atoms with Crippen LogP contribution in [-0.4, -0.2) is 22.6 Å². The van der Waals surface area contributed by atoms with Gasteiger partial charge in [0, 0.05) is 10.5 Å². The van der Waals surface area contributed by atoms with Crippen LogP contribution >= 0.6 is 30.4 Å². The summed E-state index contributed by atoms with van der Waals surface area (Å²) < 4.78 is 0. The maximum absolute atomic E-state index is 5.60. The Balaban J connectivity index is 0.000000757. The monoisotopic (exact) mass is 509 g/mol. The average molecular weight is 510 g/mol. The third kappa shape index (κ3) is 5.46. The first kappa shape index (κ1) is 27.8. The number of nitrogens with zero attached hydrogens (tertiary/aromatic N) is 1. The van der Waals surface area contributed by atoms with Crippen LogP contribution in [0.1, 0.15) is 80.6 Å². The first-order valence-corrected chi connectivity index (χ1v) is 17.2. The molecule has 0 aromatic rings. The van der Waals surface area contributed by atoms with Crippen molar-refractivity contribution in [3.63, 3.8) is 0 Å². The van der Waals surface area contributed by atoms with Crippen LogP contribution in [0.2, 0.25) is 0 Å². The van der Waals surface area contributed by atoms with E-state index < -0.39 is 17.0 Å². The number of hydrogen-bond donors (Lipinski definition) is 0. The molecule has 0 N–H and O–H groups in total. The Kier molecular flexibility index (Phi) is 10.5. The van der Waals surface area contributed by atoms with E-state index in [9.17, 15) is 0 Å². The zero-order valence-corrected chi connectivity index (χ0v) is 24.4.